The van der Waals surface area contributed by atoms with Crippen LogP contribution in [-0.2, 0) is 19.0 Å². The standard InChI is InChI=1S/C15H27NO5/c1-3-4-7-10-20-13(17)15(8-5-6-9-15)16-14(18)21-12-11-19-2/h3-12H2,1-2H3,(H,16,18). The highest BCUT2D eigenvalue weighted by Gasteiger charge is 2.44. The number of amides is 1. The number of alkyl carbamates (subject to hydrolysis) is 1. The molecule has 0 unspecified atom stereocenters. The van der Waals surface area contributed by atoms with E-state index in [0.29, 0.717) is 26.1 Å². The third-order valence-corrected chi connectivity index (χ3v) is 3.69. The van der Waals surface area contributed by atoms with Gasteiger partial charge in [-0.15, -0.1) is 0 Å². The minimum absolute atomic E-state index is 0.171. The summed E-state index contributed by atoms with van der Waals surface area (Å²) in [5.41, 5.74) is -0.906. The van der Waals surface area contributed by atoms with Gasteiger partial charge in [0.2, 0.25) is 0 Å². The number of esters is 1. The van der Waals surface area contributed by atoms with Crippen LogP contribution in [0.5, 0.6) is 0 Å². The molecule has 0 aliphatic heterocycles. The summed E-state index contributed by atoms with van der Waals surface area (Å²) in [5.74, 6) is -0.334. The number of rotatable bonds is 9. The number of nitrogens with one attached hydrogen (secondary N) is 1. The van der Waals surface area contributed by atoms with Gasteiger partial charge >= 0.3 is 12.1 Å². The molecule has 21 heavy (non-hydrogen) atoms. The quantitative estimate of drug-likeness (QED) is 0.523. The van der Waals surface area contributed by atoms with Crippen LogP contribution in [0, 0.1) is 0 Å². The molecule has 0 radical (unpaired) electrons. The van der Waals surface area contributed by atoms with Gasteiger partial charge in [-0.25, -0.2) is 9.59 Å². The van der Waals surface area contributed by atoms with Crippen molar-refractivity contribution < 1.29 is 23.8 Å². The zero-order valence-corrected chi connectivity index (χ0v) is 13.1. The Balaban J connectivity index is 2.45. The number of unbranched alkanes of at least 4 members (excludes halogenated alkanes) is 2. The molecule has 1 aliphatic carbocycles. The molecule has 1 amide bonds. The lowest BCUT2D eigenvalue weighted by atomic mass is 9.98. The van der Waals surface area contributed by atoms with Crippen LogP contribution in [0.3, 0.4) is 0 Å². The van der Waals surface area contributed by atoms with Gasteiger partial charge < -0.3 is 19.5 Å². The molecule has 1 saturated carbocycles. The highest BCUT2D eigenvalue weighted by atomic mass is 16.6. The number of carbonyl (C=O) groups is 2. The van der Waals surface area contributed by atoms with Crippen molar-refractivity contribution in [3.05, 3.63) is 0 Å². The minimum Gasteiger partial charge on any atom is -0.464 e. The summed E-state index contributed by atoms with van der Waals surface area (Å²) in [6.07, 6.45) is 5.42. The predicted molar refractivity (Wildman–Crippen MR) is 78.0 cm³/mol. The summed E-state index contributed by atoms with van der Waals surface area (Å²) in [5, 5.41) is 2.70. The fourth-order valence-corrected chi connectivity index (χ4v) is 2.46. The first-order valence-corrected chi connectivity index (χ1v) is 7.75. The monoisotopic (exact) mass is 301 g/mol. The van der Waals surface area contributed by atoms with E-state index in [9.17, 15) is 9.59 Å². The molecule has 0 atom stereocenters. The van der Waals surface area contributed by atoms with E-state index >= 15 is 0 Å². The maximum atomic E-state index is 12.3. The molecule has 1 N–H and O–H groups in total. The lowest BCUT2D eigenvalue weighted by molar-refractivity contribution is -0.151. The number of hydrogen-bond acceptors (Lipinski definition) is 5. The van der Waals surface area contributed by atoms with Gasteiger partial charge in [0, 0.05) is 7.11 Å². The van der Waals surface area contributed by atoms with Crippen molar-refractivity contribution in [1.29, 1.82) is 0 Å². The lowest BCUT2D eigenvalue weighted by Gasteiger charge is -2.27. The van der Waals surface area contributed by atoms with Crippen LogP contribution in [0.25, 0.3) is 0 Å². The van der Waals surface area contributed by atoms with E-state index in [1.54, 1.807) is 0 Å². The molecule has 6 nitrogen and oxygen atoms in total. The highest BCUT2D eigenvalue weighted by Crippen LogP contribution is 2.31. The van der Waals surface area contributed by atoms with Gasteiger partial charge in [0.15, 0.2) is 0 Å². The van der Waals surface area contributed by atoms with E-state index in [1.807, 2.05) is 0 Å². The molecule has 122 valence electrons. The van der Waals surface area contributed by atoms with Gasteiger partial charge in [0.1, 0.15) is 12.1 Å². The first-order valence-electron chi connectivity index (χ1n) is 7.75. The molecule has 0 aromatic heterocycles. The smallest absolute Gasteiger partial charge is 0.408 e. The second-order valence-electron chi connectivity index (χ2n) is 5.39. The summed E-state index contributed by atoms with van der Waals surface area (Å²) in [7, 11) is 1.54. The van der Waals surface area contributed by atoms with Gasteiger partial charge in [0.25, 0.3) is 0 Å². The summed E-state index contributed by atoms with van der Waals surface area (Å²) >= 11 is 0. The van der Waals surface area contributed by atoms with Crippen LogP contribution < -0.4 is 5.32 Å². The van der Waals surface area contributed by atoms with E-state index in [0.717, 1.165) is 32.1 Å². The number of ether oxygens (including phenoxy) is 3. The van der Waals surface area contributed by atoms with Crippen LogP contribution in [0.4, 0.5) is 4.79 Å². The van der Waals surface area contributed by atoms with Gasteiger partial charge in [-0.1, -0.05) is 32.6 Å². The molecule has 0 saturated heterocycles. The van der Waals surface area contributed by atoms with E-state index in [4.69, 9.17) is 14.2 Å². The van der Waals surface area contributed by atoms with Crippen LogP contribution in [0.1, 0.15) is 51.9 Å². The second-order valence-corrected chi connectivity index (χ2v) is 5.39. The zero-order valence-electron chi connectivity index (χ0n) is 13.1. The molecule has 6 heteroatoms. The second kappa shape index (κ2) is 9.60. The lowest BCUT2D eigenvalue weighted by Crippen LogP contribution is -2.53. The molecule has 0 bridgehead atoms. The zero-order chi connectivity index (χ0) is 15.6. The van der Waals surface area contributed by atoms with Gasteiger partial charge in [-0.2, -0.15) is 0 Å². The molecule has 0 aromatic rings. The van der Waals surface area contributed by atoms with Crippen LogP contribution in [0.15, 0.2) is 0 Å². The molecule has 0 heterocycles. The van der Waals surface area contributed by atoms with E-state index in [-0.39, 0.29) is 12.6 Å². The summed E-state index contributed by atoms with van der Waals surface area (Å²) in [6, 6.07) is 0. The predicted octanol–water partition coefficient (Wildman–Crippen LogP) is 2.41. The third-order valence-electron chi connectivity index (χ3n) is 3.69. The van der Waals surface area contributed by atoms with Crippen LogP contribution in [0.2, 0.25) is 0 Å². The Morgan fingerprint density at radius 3 is 2.38 bits per heavy atom. The van der Waals surface area contributed by atoms with Crippen molar-refractivity contribution in [2.45, 2.75) is 57.4 Å². The Bertz CT molecular complexity index is 326. The Hall–Kier alpha value is -1.30. The molecular weight excluding hydrogens is 274 g/mol. The molecular formula is C15H27NO5. The largest absolute Gasteiger partial charge is 0.464 e. The maximum absolute atomic E-state index is 12.3. The normalized spacial score (nSPS) is 16.5. The SMILES string of the molecule is CCCCCOC(=O)C1(NC(=O)OCCOC)CCCC1. The Kier molecular flexibility index (Phi) is 8.12. The minimum atomic E-state index is -0.906. The molecule has 1 fully saturated rings. The first-order chi connectivity index (χ1) is 10.1. The van der Waals surface area contributed by atoms with E-state index < -0.39 is 11.6 Å². The average Bonchev–Trinajstić information content (AvgIpc) is 2.93. The Morgan fingerprint density at radius 1 is 1.05 bits per heavy atom. The molecule has 0 spiro atoms. The van der Waals surface area contributed by atoms with Crippen molar-refractivity contribution in [2.75, 3.05) is 26.9 Å². The summed E-state index contributed by atoms with van der Waals surface area (Å²) in [4.78, 5) is 24.0. The topological polar surface area (TPSA) is 73.9 Å². The van der Waals surface area contributed by atoms with E-state index in [1.165, 1.54) is 7.11 Å². The number of hydrogen-bond donors (Lipinski definition) is 1. The summed E-state index contributed by atoms with van der Waals surface area (Å²) < 4.78 is 15.1. The Morgan fingerprint density at radius 2 is 1.76 bits per heavy atom. The third kappa shape index (κ3) is 5.91. The fourth-order valence-electron chi connectivity index (χ4n) is 2.46. The number of methoxy groups -OCH3 is 1. The van der Waals surface area contributed by atoms with Crippen molar-refractivity contribution in [3.8, 4) is 0 Å². The van der Waals surface area contributed by atoms with Crippen molar-refractivity contribution in [1.82, 2.24) is 5.32 Å². The van der Waals surface area contributed by atoms with Gasteiger partial charge in [-0.3, -0.25) is 0 Å². The van der Waals surface area contributed by atoms with Crippen molar-refractivity contribution >= 4 is 12.1 Å². The number of carbonyl (C=O) groups excluding carboxylic acids is 2. The summed E-state index contributed by atoms with van der Waals surface area (Å²) in [6.45, 7) is 3.01. The van der Waals surface area contributed by atoms with Gasteiger partial charge in [0.05, 0.1) is 13.2 Å². The Labute approximate surface area is 126 Å². The van der Waals surface area contributed by atoms with Crippen molar-refractivity contribution in [2.24, 2.45) is 0 Å². The van der Waals surface area contributed by atoms with Crippen LogP contribution >= 0.6 is 0 Å². The fraction of sp³-hybridized carbons (Fsp3) is 0.867. The van der Waals surface area contributed by atoms with E-state index in [2.05, 4.69) is 12.2 Å². The molecule has 0 aromatic carbocycles. The maximum Gasteiger partial charge on any atom is 0.408 e. The first kappa shape index (κ1) is 17.8. The molecule has 1 aliphatic rings. The van der Waals surface area contributed by atoms with Gasteiger partial charge in [-0.05, 0) is 19.3 Å². The molecule has 1 rings (SSSR count). The average molecular weight is 301 g/mol. The van der Waals surface area contributed by atoms with Crippen molar-refractivity contribution in [3.63, 3.8) is 0 Å². The highest BCUT2D eigenvalue weighted by molar-refractivity contribution is 5.86. The van der Waals surface area contributed by atoms with Crippen LogP contribution in [-0.4, -0.2) is 44.5 Å².